The van der Waals surface area contributed by atoms with Gasteiger partial charge in [-0.3, -0.25) is 0 Å². The molecule has 1 aromatic heterocycles. The number of benzene rings is 2. The maximum absolute atomic E-state index is 12.9. The molecule has 1 fully saturated rings. The highest BCUT2D eigenvalue weighted by Gasteiger charge is 2.43. The molecule has 1 aliphatic carbocycles. The fourth-order valence-corrected chi connectivity index (χ4v) is 7.85. The van der Waals surface area contributed by atoms with Gasteiger partial charge in [0.1, 0.15) is 11.5 Å². The second-order valence-electron chi connectivity index (χ2n) is 13.1. The molecule has 0 radical (unpaired) electrons. The Labute approximate surface area is 267 Å². The minimum absolute atomic E-state index is 0.0346. The molecule has 4 rings (SSSR count). The molecule has 1 N–H and O–H groups in total. The van der Waals surface area contributed by atoms with Crippen molar-refractivity contribution in [2.24, 2.45) is 0 Å². The minimum atomic E-state index is -2.30. The molecule has 242 valence electrons. The van der Waals surface area contributed by atoms with Gasteiger partial charge in [0, 0.05) is 12.0 Å². The van der Waals surface area contributed by atoms with Crippen LogP contribution in [0, 0.1) is 6.92 Å². The molecule has 1 heterocycles. The summed E-state index contributed by atoms with van der Waals surface area (Å²) in [6.07, 6.45) is 4.16. The van der Waals surface area contributed by atoms with Crippen molar-refractivity contribution in [3.05, 3.63) is 51.5 Å². The summed E-state index contributed by atoms with van der Waals surface area (Å²) < 4.78 is 32.0. The molecule has 0 amide bonds. The van der Waals surface area contributed by atoms with Gasteiger partial charge in [-0.1, -0.05) is 33.6 Å². The number of ether oxygens (including phenoxy) is 4. The van der Waals surface area contributed by atoms with Gasteiger partial charge in [0.05, 0.1) is 66.5 Å². The van der Waals surface area contributed by atoms with E-state index in [4.69, 9.17) is 28.4 Å². The SMILES string of the molecule is CCOC(=O)c1cc(CO)cc2sc(C[C@H](OC3CCCC3)[C@H](O[Si](C)(C)C(C)(C)C)c3cc(OC)c(C)c(OC)c3)nc12. The van der Waals surface area contributed by atoms with E-state index in [2.05, 4.69) is 33.9 Å². The van der Waals surface area contributed by atoms with Crippen LogP contribution in [0.5, 0.6) is 11.5 Å². The fraction of sp³-hybridized carbons (Fsp3) is 0.588. The normalized spacial score (nSPS) is 15.9. The number of thiazole rings is 1. The summed E-state index contributed by atoms with van der Waals surface area (Å²) in [5, 5.41) is 10.7. The number of esters is 1. The number of aliphatic hydroxyl groups is 1. The van der Waals surface area contributed by atoms with E-state index in [1.807, 2.05) is 25.1 Å². The summed E-state index contributed by atoms with van der Waals surface area (Å²) in [6.45, 7) is 15.1. The molecule has 8 nitrogen and oxygen atoms in total. The number of hydrogen-bond acceptors (Lipinski definition) is 9. The van der Waals surface area contributed by atoms with Crippen molar-refractivity contribution in [3.8, 4) is 11.5 Å². The maximum atomic E-state index is 12.9. The summed E-state index contributed by atoms with van der Waals surface area (Å²) in [5.74, 6) is 1.03. The zero-order chi connectivity index (χ0) is 32.2. The van der Waals surface area contributed by atoms with E-state index in [1.165, 1.54) is 11.3 Å². The van der Waals surface area contributed by atoms with Crippen LogP contribution in [0.15, 0.2) is 24.3 Å². The highest BCUT2D eigenvalue weighted by Crippen LogP contribution is 2.44. The molecule has 0 bridgehead atoms. The third-order valence-electron chi connectivity index (χ3n) is 8.99. The van der Waals surface area contributed by atoms with Crippen LogP contribution in [0.25, 0.3) is 10.2 Å². The molecule has 0 aliphatic heterocycles. The monoisotopic (exact) mass is 643 g/mol. The van der Waals surface area contributed by atoms with Crippen LogP contribution in [0.1, 0.15) is 91.5 Å². The first-order valence-electron chi connectivity index (χ1n) is 15.6. The van der Waals surface area contributed by atoms with E-state index in [0.717, 1.165) is 58.0 Å². The molecule has 0 spiro atoms. The number of fused-ring (bicyclic) bond motifs is 1. The zero-order valence-electron chi connectivity index (χ0n) is 27.7. The van der Waals surface area contributed by atoms with Gasteiger partial charge in [0.15, 0.2) is 8.32 Å². The third kappa shape index (κ3) is 7.65. The predicted molar refractivity (Wildman–Crippen MR) is 178 cm³/mol. The second-order valence-corrected chi connectivity index (χ2v) is 19.0. The molecule has 3 aromatic rings. The van der Waals surface area contributed by atoms with Crippen LogP contribution >= 0.6 is 11.3 Å². The summed E-state index contributed by atoms with van der Waals surface area (Å²) >= 11 is 1.51. The molecule has 0 saturated heterocycles. The number of aliphatic hydroxyl groups excluding tert-OH is 1. The fourth-order valence-electron chi connectivity index (χ4n) is 5.47. The molecule has 44 heavy (non-hydrogen) atoms. The van der Waals surface area contributed by atoms with Gasteiger partial charge in [0.2, 0.25) is 0 Å². The Hall–Kier alpha value is -2.50. The van der Waals surface area contributed by atoms with E-state index < -0.39 is 20.4 Å². The van der Waals surface area contributed by atoms with E-state index in [9.17, 15) is 9.90 Å². The Morgan fingerprint density at radius 1 is 1.09 bits per heavy atom. The number of nitrogens with zero attached hydrogens (tertiary/aromatic N) is 1. The lowest BCUT2D eigenvalue weighted by molar-refractivity contribution is -0.0704. The van der Waals surface area contributed by atoms with Gasteiger partial charge >= 0.3 is 5.97 Å². The number of carbonyl (C=O) groups excluding carboxylic acids is 1. The average molecular weight is 644 g/mol. The Balaban J connectivity index is 1.85. The average Bonchev–Trinajstić information content (AvgIpc) is 3.64. The number of rotatable bonds is 13. The van der Waals surface area contributed by atoms with Crippen molar-refractivity contribution in [2.45, 2.75) is 110 Å². The first-order chi connectivity index (χ1) is 20.8. The van der Waals surface area contributed by atoms with Gasteiger partial charge < -0.3 is 28.5 Å². The predicted octanol–water partition coefficient (Wildman–Crippen LogP) is 7.92. The van der Waals surface area contributed by atoms with Gasteiger partial charge in [-0.05, 0) is 80.2 Å². The first-order valence-corrected chi connectivity index (χ1v) is 19.3. The third-order valence-corrected chi connectivity index (χ3v) is 14.5. The molecular weight excluding hydrogens is 595 g/mol. The Kier molecular flexibility index (Phi) is 11.2. The molecule has 10 heteroatoms. The van der Waals surface area contributed by atoms with Crippen molar-refractivity contribution in [1.82, 2.24) is 4.98 Å². The Morgan fingerprint density at radius 3 is 2.27 bits per heavy atom. The zero-order valence-corrected chi connectivity index (χ0v) is 29.6. The van der Waals surface area contributed by atoms with E-state index in [1.54, 1.807) is 27.2 Å². The van der Waals surface area contributed by atoms with Crippen molar-refractivity contribution in [3.63, 3.8) is 0 Å². The molecule has 0 unspecified atom stereocenters. The first kappa shape index (κ1) is 34.4. The Bertz CT molecular complexity index is 1420. The van der Waals surface area contributed by atoms with Crippen molar-refractivity contribution < 1.29 is 33.3 Å². The smallest absolute Gasteiger partial charge is 0.340 e. The van der Waals surface area contributed by atoms with Crippen LogP contribution in [0.3, 0.4) is 0 Å². The largest absolute Gasteiger partial charge is 0.496 e. The lowest BCUT2D eigenvalue weighted by atomic mass is 9.99. The minimum Gasteiger partial charge on any atom is -0.496 e. The Morgan fingerprint density at radius 2 is 1.73 bits per heavy atom. The van der Waals surface area contributed by atoms with Gasteiger partial charge in [-0.15, -0.1) is 11.3 Å². The molecular formula is C34H49NO7SSi. The number of methoxy groups -OCH3 is 2. The van der Waals surface area contributed by atoms with Crippen LogP contribution in [-0.4, -0.2) is 57.4 Å². The molecule has 1 aliphatic rings. The topological polar surface area (TPSA) is 96.3 Å². The van der Waals surface area contributed by atoms with Crippen molar-refractivity contribution >= 4 is 35.8 Å². The molecule has 2 aromatic carbocycles. The van der Waals surface area contributed by atoms with Crippen LogP contribution in [0.4, 0.5) is 0 Å². The highest BCUT2D eigenvalue weighted by molar-refractivity contribution is 7.18. The van der Waals surface area contributed by atoms with Crippen LogP contribution in [-0.2, 0) is 26.9 Å². The van der Waals surface area contributed by atoms with E-state index in [0.29, 0.717) is 23.1 Å². The van der Waals surface area contributed by atoms with Gasteiger partial charge in [0.25, 0.3) is 0 Å². The summed E-state index contributed by atoms with van der Waals surface area (Å²) in [6, 6.07) is 7.66. The number of carbonyl (C=O) groups is 1. The summed E-state index contributed by atoms with van der Waals surface area (Å²) in [5.41, 5.74) is 3.46. The summed E-state index contributed by atoms with van der Waals surface area (Å²) in [4.78, 5) is 17.8. The van der Waals surface area contributed by atoms with Crippen LogP contribution in [0.2, 0.25) is 18.1 Å². The lowest BCUT2D eigenvalue weighted by Crippen LogP contribution is -2.45. The lowest BCUT2D eigenvalue weighted by Gasteiger charge is -2.42. The quantitative estimate of drug-likeness (QED) is 0.148. The number of hydrogen-bond donors (Lipinski definition) is 1. The summed E-state index contributed by atoms with van der Waals surface area (Å²) in [7, 11) is 1.04. The van der Waals surface area contributed by atoms with Crippen LogP contribution < -0.4 is 9.47 Å². The molecule has 2 atom stereocenters. The maximum Gasteiger partial charge on any atom is 0.340 e. The van der Waals surface area contributed by atoms with E-state index >= 15 is 0 Å². The standard InChI is InChI=1S/C34H49NO7SSi/c1-10-40-33(37)25-15-22(20-36)16-29-31(25)35-30(43-29)19-28(41-24-13-11-12-14-24)32(42-44(8,9)34(3,4)5)23-17-26(38-6)21(2)27(18-23)39-7/h15-18,24,28,32,36H,10-14,19-20H2,1-9H3/t28-,32+/m0/s1. The number of aromatic nitrogens is 1. The molecule has 1 saturated carbocycles. The van der Waals surface area contributed by atoms with Gasteiger partial charge in [-0.25, -0.2) is 9.78 Å². The highest BCUT2D eigenvalue weighted by atomic mass is 32.1. The van der Waals surface area contributed by atoms with E-state index in [-0.39, 0.29) is 30.5 Å². The second kappa shape index (κ2) is 14.3. The van der Waals surface area contributed by atoms with Gasteiger partial charge in [-0.2, -0.15) is 0 Å². The van der Waals surface area contributed by atoms with Crippen molar-refractivity contribution in [2.75, 3.05) is 20.8 Å². The van der Waals surface area contributed by atoms with Crippen molar-refractivity contribution in [1.29, 1.82) is 0 Å².